The van der Waals surface area contributed by atoms with Crippen LogP contribution < -0.4 is 5.73 Å². The van der Waals surface area contributed by atoms with Crippen LogP contribution in [0.25, 0.3) is 0 Å². The molecule has 0 spiro atoms. The van der Waals surface area contributed by atoms with Gasteiger partial charge < -0.3 is 10.5 Å². The molecule has 0 amide bonds. The molecule has 2 atom stereocenters. The van der Waals surface area contributed by atoms with Gasteiger partial charge in [0.15, 0.2) is 0 Å². The molecule has 0 aliphatic rings. The van der Waals surface area contributed by atoms with E-state index in [2.05, 4.69) is 4.90 Å². The van der Waals surface area contributed by atoms with Crippen LogP contribution in [-0.4, -0.2) is 49.5 Å². The average Bonchev–Trinajstić information content (AvgIpc) is 2.28. The van der Waals surface area contributed by atoms with Crippen molar-refractivity contribution >= 4 is 0 Å². The van der Waals surface area contributed by atoms with Crippen LogP contribution in [0, 0.1) is 0 Å². The number of halogens is 3. The van der Waals surface area contributed by atoms with Gasteiger partial charge in [0, 0.05) is 31.7 Å². The number of methoxy groups -OCH3 is 1. The molecule has 0 aromatic heterocycles. The van der Waals surface area contributed by atoms with Crippen LogP contribution in [0.4, 0.5) is 13.2 Å². The monoisotopic (exact) mass is 284 g/mol. The highest BCUT2D eigenvalue weighted by Crippen LogP contribution is 2.28. The predicted octanol–water partition coefficient (Wildman–Crippen LogP) is 2.79. The summed E-state index contributed by atoms with van der Waals surface area (Å²) in [6.45, 7) is 7.55. The molecule has 0 radical (unpaired) electrons. The maximum atomic E-state index is 12.2. The largest absolute Gasteiger partial charge is 0.389 e. The highest BCUT2D eigenvalue weighted by Gasteiger charge is 2.34. The molecule has 2 N–H and O–H groups in total. The molecular formula is C13H27F3N2O. The maximum absolute atomic E-state index is 12.2. The quantitative estimate of drug-likeness (QED) is 0.707. The Labute approximate surface area is 114 Å². The number of nitrogens with zero attached hydrogens (tertiary/aromatic N) is 1. The zero-order valence-corrected chi connectivity index (χ0v) is 12.4. The second-order valence-corrected chi connectivity index (χ2v) is 5.26. The van der Waals surface area contributed by atoms with E-state index in [-0.39, 0.29) is 12.5 Å². The van der Waals surface area contributed by atoms with Gasteiger partial charge in [-0.25, -0.2) is 0 Å². The van der Waals surface area contributed by atoms with E-state index >= 15 is 0 Å². The third-order valence-electron chi connectivity index (χ3n) is 3.59. The fourth-order valence-corrected chi connectivity index (χ4v) is 2.59. The van der Waals surface area contributed by atoms with Crippen molar-refractivity contribution in [3.8, 4) is 0 Å². The van der Waals surface area contributed by atoms with Crippen LogP contribution in [0.1, 0.15) is 40.0 Å². The Morgan fingerprint density at radius 3 is 2.21 bits per heavy atom. The minimum absolute atomic E-state index is 0.105. The molecular weight excluding hydrogens is 257 g/mol. The lowest BCUT2D eigenvalue weighted by Crippen LogP contribution is -2.56. The van der Waals surface area contributed by atoms with Gasteiger partial charge in [0.05, 0.1) is 6.61 Å². The highest BCUT2D eigenvalue weighted by molar-refractivity contribution is 4.89. The zero-order chi connectivity index (χ0) is 15.1. The third-order valence-corrected chi connectivity index (χ3v) is 3.59. The molecule has 0 saturated carbocycles. The Morgan fingerprint density at radius 1 is 1.26 bits per heavy atom. The molecule has 0 aromatic carbocycles. The van der Waals surface area contributed by atoms with Crippen LogP contribution in [-0.2, 0) is 4.74 Å². The first-order chi connectivity index (χ1) is 8.70. The summed E-state index contributed by atoms with van der Waals surface area (Å²) in [5, 5.41) is 0. The molecule has 0 fully saturated rings. The van der Waals surface area contributed by atoms with Crippen LogP contribution in [0.2, 0.25) is 0 Å². The number of rotatable bonds is 9. The fourth-order valence-electron chi connectivity index (χ4n) is 2.59. The van der Waals surface area contributed by atoms with E-state index in [0.29, 0.717) is 19.6 Å². The van der Waals surface area contributed by atoms with Crippen molar-refractivity contribution in [3.63, 3.8) is 0 Å². The molecule has 0 bridgehead atoms. The smallest absolute Gasteiger partial charge is 0.383 e. The van der Waals surface area contributed by atoms with E-state index in [1.165, 1.54) is 0 Å². The Hall–Kier alpha value is -0.330. The summed E-state index contributed by atoms with van der Waals surface area (Å²) in [7, 11) is 1.62. The lowest BCUT2D eigenvalue weighted by molar-refractivity contribution is -0.137. The Balaban J connectivity index is 4.61. The number of alkyl halides is 3. The minimum atomic E-state index is -4.09. The van der Waals surface area contributed by atoms with Crippen molar-refractivity contribution in [1.29, 1.82) is 0 Å². The van der Waals surface area contributed by atoms with Gasteiger partial charge >= 0.3 is 6.18 Å². The number of likely N-dealkylation sites (N-methyl/N-ethyl adjacent to an activating group) is 1. The van der Waals surface area contributed by atoms with E-state index < -0.39 is 18.1 Å². The van der Waals surface area contributed by atoms with Crippen LogP contribution in [0.3, 0.4) is 0 Å². The van der Waals surface area contributed by atoms with Gasteiger partial charge in [-0.1, -0.05) is 6.92 Å². The van der Waals surface area contributed by atoms with Crippen LogP contribution in [0.5, 0.6) is 0 Å². The predicted molar refractivity (Wildman–Crippen MR) is 71.1 cm³/mol. The topological polar surface area (TPSA) is 38.5 Å². The summed E-state index contributed by atoms with van der Waals surface area (Å²) in [4.78, 5) is 2.13. The summed E-state index contributed by atoms with van der Waals surface area (Å²) in [6.07, 6.45) is -4.30. The molecule has 0 saturated heterocycles. The number of ether oxygens (including phenoxy) is 1. The standard InChI is InChI=1S/C13H27F3N2O/c1-5-18(11(2)9-19-4)12(3,10-17)7-6-8-13(14,15)16/h11H,5-10,17H2,1-4H3. The van der Waals surface area contributed by atoms with E-state index in [0.717, 1.165) is 6.54 Å². The second-order valence-electron chi connectivity index (χ2n) is 5.26. The Morgan fingerprint density at radius 2 is 1.84 bits per heavy atom. The first kappa shape index (κ1) is 18.7. The first-order valence-electron chi connectivity index (χ1n) is 6.72. The molecule has 0 aromatic rings. The van der Waals surface area contributed by atoms with Gasteiger partial charge in [-0.3, -0.25) is 4.90 Å². The van der Waals surface area contributed by atoms with Gasteiger partial charge in [0.1, 0.15) is 0 Å². The minimum Gasteiger partial charge on any atom is -0.383 e. The summed E-state index contributed by atoms with van der Waals surface area (Å²) < 4.78 is 41.8. The molecule has 6 heteroatoms. The first-order valence-corrected chi connectivity index (χ1v) is 6.72. The van der Waals surface area contributed by atoms with Gasteiger partial charge in [0.25, 0.3) is 0 Å². The molecule has 0 heterocycles. The van der Waals surface area contributed by atoms with Crippen molar-refractivity contribution in [1.82, 2.24) is 4.90 Å². The van der Waals surface area contributed by atoms with Crippen molar-refractivity contribution in [2.24, 2.45) is 5.73 Å². The van der Waals surface area contributed by atoms with Crippen LogP contribution >= 0.6 is 0 Å². The van der Waals surface area contributed by atoms with Gasteiger partial charge in [-0.15, -0.1) is 0 Å². The number of nitrogens with two attached hydrogens (primary N) is 1. The summed E-state index contributed by atoms with van der Waals surface area (Å²) in [5.74, 6) is 0. The highest BCUT2D eigenvalue weighted by atomic mass is 19.4. The number of hydrogen-bond acceptors (Lipinski definition) is 3. The summed E-state index contributed by atoms with van der Waals surface area (Å²) in [6, 6.07) is 0.134. The molecule has 0 rings (SSSR count). The lowest BCUT2D eigenvalue weighted by atomic mass is 9.91. The molecule has 19 heavy (non-hydrogen) atoms. The summed E-state index contributed by atoms with van der Waals surface area (Å²) in [5.41, 5.74) is 5.38. The van der Waals surface area contributed by atoms with Gasteiger partial charge in [-0.2, -0.15) is 13.2 Å². The van der Waals surface area contributed by atoms with Crippen molar-refractivity contribution in [2.75, 3.05) is 26.8 Å². The Kier molecular flexibility index (Phi) is 7.93. The molecule has 0 aliphatic carbocycles. The fraction of sp³-hybridized carbons (Fsp3) is 1.00. The zero-order valence-electron chi connectivity index (χ0n) is 12.4. The maximum Gasteiger partial charge on any atom is 0.389 e. The van der Waals surface area contributed by atoms with Crippen molar-refractivity contribution in [2.45, 2.75) is 57.8 Å². The number of hydrogen-bond donors (Lipinski definition) is 1. The van der Waals surface area contributed by atoms with Crippen molar-refractivity contribution < 1.29 is 17.9 Å². The van der Waals surface area contributed by atoms with Gasteiger partial charge in [-0.05, 0) is 33.2 Å². The lowest BCUT2D eigenvalue weighted by Gasteiger charge is -2.44. The average molecular weight is 284 g/mol. The van der Waals surface area contributed by atoms with Gasteiger partial charge in [0.2, 0.25) is 0 Å². The van der Waals surface area contributed by atoms with Crippen LogP contribution in [0.15, 0.2) is 0 Å². The van der Waals surface area contributed by atoms with Crippen molar-refractivity contribution in [3.05, 3.63) is 0 Å². The SMILES string of the molecule is CCN(C(C)COC)C(C)(CN)CCCC(F)(F)F. The third kappa shape index (κ3) is 6.58. The van der Waals surface area contributed by atoms with E-state index in [1.54, 1.807) is 7.11 Å². The molecule has 116 valence electrons. The normalized spacial score (nSPS) is 17.5. The Bertz CT molecular complexity index is 249. The molecule has 3 nitrogen and oxygen atoms in total. The van der Waals surface area contributed by atoms with E-state index in [9.17, 15) is 13.2 Å². The summed E-state index contributed by atoms with van der Waals surface area (Å²) >= 11 is 0. The van der Waals surface area contributed by atoms with E-state index in [1.807, 2.05) is 20.8 Å². The molecule has 2 unspecified atom stereocenters. The second kappa shape index (κ2) is 8.07. The molecule has 0 aliphatic heterocycles. The van der Waals surface area contributed by atoms with E-state index in [4.69, 9.17) is 10.5 Å².